The van der Waals surface area contributed by atoms with Crippen LogP contribution in [0.4, 0.5) is 5.69 Å². The Morgan fingerprint density at radius 3 is 2.44 bits per heavy atom. The first kappa shape index (κ1) is 28.6. The van der Waals surface area contributed by atoms with Crippen LogP contribution >= 0.6 is 0 Å². The molecule has 0 aromatic heterocycles. The zero-order chi connectivity index (χ0) is 28.2. The zero-order valence-electron chi connectivity index (χ0n) is 22.9. The summed E-state index contributed by atoms with van der Waals surface area (Å²) >= 11 is 0. The number of amides is 1. The van der Waals surface area contributed by atoms with Gasteiger partial charge in [-0.05, 0) is 50.7 Å². The lowest BCUT2D eigenvalue weighted by Gasteiger charge is -2.38. The summed E-state index contributed by atoms with van der Waals surface area (Å²) in [6.07, 6.45) is -0.357. The molecule has 0 saturated heterocycles. The van der Waals surface area contributed by atoms with E-state index in [0.29, 0.717) is 19.6 Å². The van der Waals surface area contributed by atoms with Crippen LogP contribution < -0.4 is 9.46 Å². The Balaban J connectivity index is 1.71. The summed E-state index contributed by atoms with van der Waals surface area (Å²) in [5, 5.41) is 9.90. The van der Waals surface area contributed by atoms with Crippen LogP contribution in [0.25, 0.3) is 0 Å². The normalized spacial score (nSPS) is 18.6. The van der Waals surface area contributed by atoms with Gasteiger partial charge in [0.2, 0.25) is 0 Å². The van der Waals surface area contributed by atoms with Crippen LogP contribution in [-0.2, 0) is 16.6 Å². The van der Waals surface area contributed by atoms with Gasteiger partial charge in [-0.15, -0.1) is 0 Å². The molecule has 1 aliphatic rings. The van der Waals surface area contributed by atoms with E-state index in [9.17, 15) is 18.3 Å². The van der Waals surface area contributed by atoms with E-state index >= 15 is 0 Å². The molecule has 1 heterocycles. The summed E-state index contributed by atoms with van der Waals surface area (Å²) < 4.78 is 35.7. The number of sulfonamides is 1. The maximum atomic E-state index is 13.7. The van der Waals surface area contributed by atoms with Crippen LogP contribution in [0.1, 0.15) is 35.3 Å². The van der Waals surface area contributed by atoms with Gasteiger partial charge in [0.1, 0.15) is 6.10 Å². The number of aryl methyl sites for hydroxylation is 1. The van der Waals surface area contributed by atoms with Crippen LogP contribution in [0.5, 0.6) is 5.75 Å². The molecule has 208 valence electrons. The Morgan fingerprint density at radius 2 is 1.77 bits per heavy atom. The van der Waals surface area contributed by atoms with Gasteiger partial charge in [0.15, 0.2) is 5.75 Å². The number of aliphatic hydroxyl groups is 1. The predicted octanol–water partition coefficient (Wildman–Crippen LogP) is 4.15. The highest BCUT2D eigenvalue weighted by Gasteiger charge is 2.35. The Labute approximate surface area is 231 Å². The van der Waals surface area contributed by atoms with E-state index in [4.69, 9.17) is 4.74 Å². The van der Waals surface area contributed by atoms with Crippen molar-refractivity contribution < 1.29 is 23.1 Å². The number of carbonyl (C=O) groups is 1. The Kier molecular flexibility index (Phi) is 8.94. The number of hydrogen-bond donors (Lipinski definition) is 2. The molecule has 0 fully saturated rings. The molecule has 8 nitrogen and oxygen atoms in total. The maximum absolute atomic E-state index is 13.7. The first-order valence-electron chi connectivity index (χ1n) is 13.1. The number of para-hydroxylation sites is 1. The van der Waals surface area contributed by atoms with E-state index in [0.717, 1.165) is 11.1 Å². The number of nitrogens with one attached hydrogen (secondary N) is 1. The summed E-state index contributed by atoms with van der Waals surface area (Å²) in [5.41, 5.74) is 2.56. The molecule has 0 spiro atoms. The predicted molar refractivity (Wildman–Crippen MR) is 152 cm³/mol. The quantitative estimate of drug-likeness (QED) is 0.415. The maximum Gasteiger partial charge on any atom is 0.262 e. The molecule has 3 aromatic rings. The van der Waals surface area contributed by atoms with Gasteiger partial charge in [0, 0.05) is 25.6 Å². The van der Waals surface area contributed by atoms with E-state index in [2.05, 4.69) is 21.8 Å². The van der Waals surface area contributed by atoms with Crippen LogP contribution in [0.2, 0.25) is 0 Å². The third-order valence-electron chi connectivity index (χ3n) is 7.05. The van der Waals surface area contributed by atoms with Gasteiger partial charge in [-0.3, -0.25) is 14.4 Å². The molecule has 4 rings (SSSR count). The fraction of sp³-hybridized carbons (Fsp3) is 0.367. The Hall–Kier alpha value is -3.40. The lowest BCUT2D eigenvalue weighted by atomic mass is 9.99. The summed E-state index contributed by atoms with van der Waals surface area (Å²) in [7, 11) is -1.93. The van der Waals surface area contributed by atoms with Gasteiger partial charge in [0.05, 0.1) is 28.8 Å². The molecule has 2 N–H and O–H groups in total. The molecule has 39 heavy (non-hydrogen) atoms. The monoisotopic (exact) mass is 551 g/mol. The number of anilines is 1. The van der Waals surface area contributed by atoms with Gasteiger partial charge in [-0.25, -0.2) is 8.42 Å². The number of fused-ring (bicyclic) bond motifs is 1. The molecule has 0 aliphatic carbocycles. The number of benzene rings is 3. The minimum Gasteiger partial charge on any atom is -0.486 e. The number of carbonyl (C=O) groups excluding carboxylic acids is 1. The van der Waals surface area contributed by atoms with Crippen molar-refractivity contribution in [2.75, 3.05) is 31.5 Å². The second kappa shape index (κ2) is 12.2. The van der Waals surface area contributed by atoms with E-state index < -0.39 is 16.1 Å². The highest BCUT2D eigenvalue weighted by molar-refractivity contribution is 7.92. The number of likely N-dealkylation sites (N-methyl/N-ethyl adjacent to an activating group) is 1. The molecule has 3 aromatic carbocycles. The first-order valence-corrected chi connectivity index (χ1v) is 14.6. The Morgan fingerprint density at radius 1 is 1.08 bits per heavy atom. The van der Waals surface area contributed by atoms with Gasteiger partial charge in [-0.2, -0.15) is 0 Å². The molecule has 9 heteroatoms. The number of hydrogen-bond acceptors (Lipinski definition) is 6. The smallest absolute Gasteiger partial charge is 0.262 e. The third-order valence-corrected chi connectivity index (χ3v) is 8.44. The Bertz CT molecular complexity index is 1380. The van der Waals surface area contributed by atoms with Gasteiger partial charge in [0.25, 0.3) is 15.9 Å². The molecule has 0 unspecified atom stereocenters. The van der Waals surface area contributed by atoms with Gasteiger partial charge < -0.3 is 14.7 Å². The van der Waals surface area contributed by atoms with Crippen molar-refractivity contribution in [3.8, 4) is 5.75 Å². The van der Waals surface area contributed by atoms with Gasteiger partial charge >= 0.3 is 0 Å². The van der Waals surface area contributed by atoms with E-state index in [1.807, 2.05) is 39.1 Å². The molecular formula is C30H37N3O5S. The first-order chi connectivity index (χ1) is 18.6. The van der Waals surface area contributed by atoms with Crippen molar-refractivity contribution in [2.24, 2.45) is 5.92 Å². The van der Waals surface area contributed by atoms with Gasteiger partial charge in [-0.1, -0.05) is 61.0 Å². The highest BCUT2D eigenvalue weighted by Crippen LogP contribution is 2.36. The third kappa shape index (κ3) is 6.79. The van der Waals surface area contributed by atoms with Crippen molar-refractivity contribution >= 4 is 21.6 Å². The van der Waals surface area contributed by atoms with Crippen molar-refractivity contribution in [2.45, 2.75) is 44.4 Å². The topological polar surface area (TPSA) is 99.2 Å². The van der Waals surface area contributed by atoms with E-state index in [1.54, 1.807) is 54.3 Å². The lowest BCUT2D eigenvalue weighted by Crippen LogP contribution is -2.49. The molecule has 0 saturated carbocycles. The minimum atomic E-state index is -3.94. The SMILES string of the molecule is Cc1ccc(S(=O)(=O)Nc2cccc3c2O[C@H](CN(C)Cc2ccccc2)[C@H](C)CN([C@@H](C)CO)C3=O)cc1. The van der Waals surface area contributed by atoms with Crippen LogP contribution in [-0.4, -0.2) is 68.1 Å². The summed E-state index contributed by atoms with van der Waals surface area (Å²) in [4.78, 5) is 17.6. The number of rotatable bonds is 9. The zero-order valence-corrected chi connectivity index (χ0v) is 23.7. The number of ether oxygens (including phenoxy) is 1. The lowest BCUT2D eigenvalue weighted by molar-refractivity contribution is 0.0344. The van der Waals surface area contributed by atoms with Crippen molar-refractivity contribution in [3.63, 3.8) is 0 Å². The molecular weight excluding hydrogens is 514 g/mol. The summed E-state index contributed by atoms with van der Waals surface area (Å²) in [5.74, 6) is -0.222. The highest BCUT2D eigenvalue weighted by atomic mass is 32.2. The minimum absolute atomic E-state index is 0.101. The number of aliphatic hydroxyl groups excluding tert-OH is 1. The fourth-order valence-corrected chi connectivity index (χ4v) is 5.79. The molecule has 0 radical (unpaired) electrons. The van der Waals surface area contributed by atoms with Crippen molar-refractivity contribution in [3.05, 3.63) is 89.5 Å². The molecule has 1 amide bonds. The van der Waals surface area contributed by atoms with E-state index in [1.165, 1.54) is 0 Å². The van der Waals surface area contributed by atoms with Crippen LogP contribution in [0.15, 0.2) is 77.7 Å². The standard InChI is InChI=1S/C30H37N3O5S/c1-21-13-15-25(16-14-21)39(36,37)31-27-12-8-11-26-29(27)38-28(19-32(4)18-24-9-6-5-7-10-24)22(2)17-33(30(26)35)23(3)20-34/h5-16,22-23,28,31,34H,17-20H2,1-4H3/t22-,23+,28-/m1/s1. The average Bonchev–Trinajstić information content (AvgIpc) is 2.91. The average molecular weight is 552 g/mol. The second-order valence-corrected chi connectivity index (χ2v) is 12.1. The van der Waals surface area contributed by atoms with E-state index in [-0.39, 0.29) is 46.4 Å². The van der Waals surface area contributed by atoms with Crippen molar-refractivity contribution in [1.82, 2.24) is 9.80 Å². The summed E-state index contributed by atoms with van der Waals surface area (Å²) in [6, 6.07) is 21.1. The van der Waals surface area contributed by atoms with Crippen molar-refractivity contribution in [1.29, 1.82) is 0 Å². The van der Waals surface area contributed by atoms with Crippen LogP contribution in [0, 0.1) is 12.8 Å². The molecule has 0 bridgehead atoms. The summed E-state index contributed by atoms with van der Waals surface area (Å²) in [6.45, 7) is 7.15. The van der Waals surface area contributed by atoms with Crippen LogP contribution in [0.3, 0.4) is 0 Å². The molecule has 3 atom stereocenters. The molecule has 1 aliphatic heterocycles. The largest absolute Gasteiger partial charge is 0.486 e. The second-order valence-electron chi connectivity index (χ2n) is 10.4. The fourth-order valence-electron chi connectivity index (χ4n) is 4.73. The number of nitrogens with zero attached hydrogens (tertiary/aromatic N) is 2.